The summed E-state index contributed by atoms with van der Waals surface area (Å²) in [5, 5.41) is 32.7. The van der Waals surface area contributed by atoms with Gasteiger partial charge in [-0.1, -0.05) is 79.6 Å². The van der Waals surface area contributed by atoms with Crippen LogP contribution in [0.3, 0.4) is 0 Å². The molecule has 0 aliphatic heterocycles. The number of phenols is 2. The van der Waals surface area contributed by atoms with E-state index in [0.717, 1.165) is 28.9 Å². The lowest BCUT2D eigenvalue weighted by molar-refractivity contribution is -0.152. The van der Waals surface area contributed by atoms with E-state index in [1.54, 1.807) is 18.2 Å². The molecule has 0 bridgehead atoms. The van der Waals surface area contributed by atoms with Crippen LogP contribution in [0.1, 0.15) is 55.4 Å². The Balaban J connectivity index is 1.95. The summed E-state index contributed by atoms with van der Waals surface area (Å²) in [6.45, 7) is 3.44. The number of allylic oxidation sites excluding steroid dienone is 1. The average molecular weight is 708 g/mol. The Hall–Kier alpha value is -5.03. The first-order chi connectivity index (χ1) is 23.8. The van der Waals surface area contributed by atoms with Gasteiger partial charge in [0.25, 0.3) is 0 Å². The molecular formula is C38H46ClN3O8. The number of aryl methyl sites for hydroxylation is 1. The maximum Gasteiger partial charge on any atom is 0.326 e. The molecule has 0 aromatic heterocycles. The van der Waals surface area contributed by atoms with Crippen LogP contribution in [0.5, 0.6) is 17.2 Å². The number of unbranched alkanes of at least 4 members (excludes halogenated alkanes) is 1. The molecule has 0 fully saturated rings. The van der Waals surface area contributed by atoms with Gasteiger partial charge in [-0.25, -0.2) is 4.79 Å². The summed E-state index contributed by atoms with van der Waals surface area (Å²) >= 11 is 6.45. The zero-order valence-electron chi connectivity index (χ0n) is 29.1. The van der Waals surface area contributed by atoms with E-state index in [2.05, 4.69) is 18.3 Å². The van der Waals surface area contributed by atoms with E-state index in [-0.39, 0.29) is 47.4 Å². The van der Waals surface area contributed by atoms with Crippen LogP contribution in [-0.4, -0.2) is 88.1 Å². The summed E-state index contributed by atoms with van der Waals surface area (Å²) in [4.78, 5) is 55.6. The molecule has 4 N–H and O–H groups in total. The molecule has 11 nitrogen and oxygen atoms in total. The van der Waals surface area contributed by atoms with E-state index < -0.39 is 35.9 Å². The highest BCUT2D eigenvalue weighted by Crippen LogP contribution is 2.37. The minimum atomic E-state index is -1.28. The third-order valence-electron chi connectivity index (χ3n) is 8.62. The highest BCUT2D eigenvalue weighted by molar-refractivity contribution is 6.33. The molecule has 3 aromatic rings. The zero-order chi connectivity index (χ0) is 37.0. The second-order valence-corrected chi connectivity index (χ2v) is 12.5. The van der Waals surface area contributed by atoms with Crippen LogP contribution in [0.2, 0.25) is 5.02 Å². The highest BCUT2D eigenvalue weighted by atomic mass is 35.5. The first-order valence-corrected chi connectivity index (χ1v) is 16.8. The Kier molecular flexibility index (Phi) is 14.7. The minimum absolute atomic E-state index is 0.0327. The van der Waals surface area contributed by atoms with Crippen molar-refractivity contribution in [1.82, 2.24) is 15.1 Å². The lowest BCUT2D eigenvalue weighted by atomic mass is 9.99. The number of rotatable bonds is 17. The number of aromatic hydroxyl groups is 2. The molecular weight excluding hydrogens is 662 g/mol. The van der Waals surface area contributed by atoms with Gasteiger partial charge in [-0.2, -0.15) is 0 Å². The van der Waals surface area contributed by atoms with Gasteiger partial charge in [-0.15, -0.1) is 0 Å². The Morgan fingerprint density at radius 1 is 0.920 bits per heavy atom. The molecule has 0 unspecified atom stereocenters. The third kappa shape index (κ3) is 10.5. The van der Waals surface area contributed by atoms with Crippen LogP contribution >= 0.6 is 11.6 Å². The molecule has 0 aliphatic carbocycles. The normalized spacial score (nSPS) is 12.9. The molecule has 3 amide bonds. The SMILES string of the molecule is CCC/C=C\c1ccccc1CCC(=O)N[C@@H](Cc1ccc(O)cc1)C(=O)N(C)[C@@H](Cc1ccc(OC)c(O)c1Cl)C(=O)N(C)[C@@H](C)C(=O)O. The molecule has 268 valence electrons. The molecule has 50 heavy (non-hydrogen) atoms. The molecule has 3 rings (SSSR count). The van der Waals surface area contributed by atoms with Gasteiger partial charge < -0.3 is 35.2 Å². The van der Waals surface area contributed by atoms with Crippen molar-refractivity contribution in [3.8, 4) is 17.2 Å². The van der Waals surface area contributed by atoms with Gasteiger partial charge >= 0.3 is 5.97 Å². The molecule has 0 spiro atoms. The number of phenolic OH excluding ortho intramolecular Hbond substituents is 2. The fraction of sp³-hybridized carbons (Fsp3) is 0.368. The summed E-state index contributed by atoms with van der Waals surface area (Å²) in [5.41, 5.74) is 2.94. The summed E-state index contributed by atoms with van der Waals surface area (Å²) in [7, 11) is 4.08. The van der Waals surface area contributed by atoms with Crippen molar-refractivity contribution in [3.63, 3.8) is 0 Å². The first kappa shape index (κ1) is 39.4. The third-order valence-corrected chi connectivity index (χ3v) is 9.04. The van der Waals surface area contributed by atoms with Gasteiger partial charge in [0.1, 0.15) is 23.9 Å². The lowest BCUT2D eigenvalue weighted by Gasteiger charge is -2.34. The summed E-state index contributed by atoms with van der Waals surface area (Å²) < 4.78 is 5.13. The van der Waals surface area contributed by atoms with E-state index in [0.29, 0.717) is 17.5 Å². The topological polar surface area (TPSA) is 157 Å². The molecule has 3 aromatic carbocycles. The second-order valence-electron chi connectivity index (χ2n) is 12.1. The number of aliphatic carboxylic acids is 1. The molecule has 0 radical (unpaired) electrons. The quantitative estimate of drug-likeness (QED) is 0.149. The van der Waals surface area contributed by atoms with E-state index in [1.165, 1.54) is 51.2 Å². The molecule has 12 heteroatoms. The number of halogens is 1. The first-order valence-electron chi connectivity index (χ1n) is 16.4. The zero-order valence-corrected chi connectivity index (χ0v) is 29.8. The van der Waals surface area contributed by atoms with Crippen molar-refractivity contribution >= 4 is 41.4 Å². The van der Waals surface area contributed by atoms with Crippen LogP contribution < -0.4 is 10.1 Å². The lowest BCUT2D eigenvalue weighted by Crippen LogP contribution is -2.57. The van der Waals surface area contributed by atoms with Crippen molar-refractivity contribution in [1.29, 1.82) is 0 Å². The Morgan fingerprint density at radius 2 is 1.60 bits per heavy atom. The number of amides is 3. The Morgan fingerprint density at radius 3 is 2.24 bits per heavy atom. The summed E-state index contributed by atoms with van der Waals surface area (Å²) in [5.74, 6) is -3.13. The van der Waals surface area contributed by atoms with Gasteiger partial charge in [-0.3, -0.25) is 14.4 Å². The summed E-state index contributed by atoms with van der Waals surface area (Å²) in [6, 6.07) is 13.4. The van der Waals surface area contributed by atoms with Gasteiger partial charge in [0, 0.05) is 33.4 Å². The van der Waals surface area contributed by atoms with Gasteiger partial charge in [0.05, 0.1) is 12.1 Å². The van der Waals surface area contributed by atoms with Crippen LogP contribution in [0.15, 0.2) is 66.7 Å². The van der Waals surface area contributed by atoms with E-state index >= 15 is 0 Å². The average Bonchev–Trinajstić information content (AvgIpc) is 3.11. The second kappa shape index (κ2) is 18.7. The number of carboxylic acid groups (broad SMARTS) is 1. The fourth-order valence-electron chi connectivity index (χ4n) is 5.38. The number of hydrogen-bond donors (Lipinski definition) is 4. The van der Waals surface area contributed by atoms with E-state index in [1.807, 2.05) is 30.3 Å². The number of benzene rings is 3. The van der Waals surface area contributed by atoms with E-state index in [4.69, 9.17) is 16.3 Å². The molecule has 0 aliphatic rings. The maximum absolute atomic E-state index is 14.3. The van der Waals surface area contributed by atoms with Gasteiger partial charge in [0.15, 0.2) is 11.5 Å². The number of ether oxygens (including phenoxy) is 1. The minimum Gasteiger partial charge on any atom is -0.508 e. The van der Waals surface area contributed by atoms with Crippen molar-refractivity contribution in [2.75, 3.05) is 21.2 Å². The number of carboxylic acids is 1. The number of hydrogen-bond acceptors (Lipinski definition) is 7. The van der Waals surface area contributed by atoms with Crippen LogP contribution in [0.4, 0.5) is 0 Å². The van der Waals surface area contributed by atoms with Crippen molar-refractivity contribution in [2.45, 2.75) is 70.5 Å². The fourth-order valence-corrected chi connectivity index (χ4v) is 5.62. The van der Waals surface area contributed by atoms with Gasteiger partial charge in [-0.05, 0) is 60.2 Å². The maximum atomic E-state index is 14.3. The van der Waals surface area contributed by atoms with Gasteiger partial charge in [0.2, 0.25) is 17.7 Å². The Bertz CT molecular complexity index is 1680. The number of nitrogens with one attached hydrogen (secondary N) is 1. The molecule has 0 saturated heterocycles. The number of carbonyl (C=O) groups is 4. The predicted molar refractivity (Wildman–Crippen MR) is 192 cm³/mol. The highest BCUT2D eigenvalue weighted by Gasteiger charge is 2.36. The van der Waals surface area contributed by atoms with Crippen molar-refractivity contribution in [2.24, 2.45) is 0 Å². The number of likely N-dealkylation sites (N-methyl/N-ethyl adjacent to an activating group) is 2. The van der Waals surface area contributed by atoms with E-state index in [9.17, 15) is 34.5 Å². The van der Waals surface area contributed by atoms with Crippen molar-refractivity contribution in [3.05, 3.63) is 94.0 Å². The summed E-state index contributed by atoms with van der Waals surface area (Å²) in [6.07, 6.45) is 6.45. The number of nitrogens with zero attached hydrogens (tertiary/aromatic N) is 2. The Labute approximate surface area is 298 Å². The van der Waals surface area contributed by atoms with Crippen molar-refractivity contribution < 1.29 is 39.2 Å². The van der Waals surface area contributed by atoms with Crippen LogP contribution in [-0.2, 0) is 38.4 Å². The predicted octanol–water partition coefficient (Wildman–Crippen LogP) is 5.23. The van der Waals surface area contributed by atoms with Crippen LogP contribution in [0.25, 0.3) is 6.08 Å². The number of methoxy groups -OCH3 is 1. The smallest absolute Gasteiger partial charge is 0.326 e. The molecule has 0 saturated carbocycles. The standard InChI is InChI=1S/C38H46ClN3O8/c1-6-7-8-11-26-12-9-10-13-27(26)17-21-33(44)40-30(22-25-14-18-29(43)19-15-25)36(46)42(4)31(37(47)41(3)24(2)38(48)49)23-28-16-20-32(50-5)35(45)34(28)39/h8-16,18-20,24,30-31,43,45H,6-7,17,21-23H2,1-5H3,(H,40,44)(H,48,49)/b11-8-/t24-,30-,31-/m0/s1. The largest absolute Gasteiger partial charge is 0.508 e. The molecule has 3 atom stereocenters. The van der Waals surface area contributed by atoms with Crippen LogP contribution in [0, 0.1) is 0 Å². The monoisotopic (exact) mass is 707 g/mol. The number of carbonyl (C=O) groups excluding carboxylic acids is 3. The molecule has 0 heterocycles.